The first-order valence-corrected chi connectivity index (χ1v) is 7.56. The van der Waals surface area contributed by atoms with Crippen molar-refractivity contribution in [1.29, 1.82) is 0 Å². The van der Waals surface area contributed by atoms with Crippen LogP contribution in [0.4, 0.5) is 5.69 Å². The molecule has 0 unspecified atom stereocenters. The molecule has 0 aliphatic carbocycles. The van der Waals surface area contributed by atoms with Gasteiger partial charge in [-0.25, -0.2) is 5.43 Å². The maximum atomic E-state index is 12.0. The molecule has 0 spiro atoms. The number of benzene rings is 1. The van der Waals surface area contributed by atoms with E-state index in [0.29, 0.717) is 11.3 Å². The van der Waals surface area contributed by atoms with Crippen LogP contribution in [0.2, 0.25) is 0 Å². The summed E-state index contributed by atoms with van der Waals surface area (Å²) in [5.74, 6) is -0.547. The summed E-state index contributed by atoms with van der Waals surface area (Å²) in [7, 11) is 0. The fourth-order valence-corrected chi connectivity index (χ4v) is 2.23. The van der Waals surface area contributed by atoms with Gasteiger partial charge in [-0.2, -0.15) is 5.10 Å². The minimum Gasteiger partial charge on any atom is -0.326 e. The van der Waals surface area contributed by atoms with Crippen LogP contribution >= 0.6 is 0 Å². The lowest BCUT2D eigenvalue weighted by Crippen LogP contribution is -2.21. The molecule has 0 saturated carbocycles. The monoisotopic (exact) mass is 324 g/mol. The van der Waals surface area contributed by atoms with Crippen LogP contribution in [0.1, 0.15) is 34.8 Å². The van der Waals surface area contributed by atoms with E-state index in [2.05, 4.69) is 20.8 Å². The topological polar surface area (TPSA) is 83.5 Å². The molecule has 0 saturated heterocycles. The molecule has 6 nitrogen and oxygen atoms in total. The summed E-state index contributed by atoms with van der Waals surface area (Å²) in [5, 5.41) is 6.78. The highest BCUT2D eigenvalue weighted by Crippen LogP contribution is 2.14. The number of rotatable bonds is 5. The summed E-state index contributed by atoms with van der Waals surface area (Å²) in [6, 6.07) is 9.15. The molecule has 2 amide bonds. The zero-order valence-corrected chi connectivity index (χ0v) is 14.0. The van der Waals surface area contributed by atoms with Gasteiger partial charge in [-0.05, 0) is 56.2 Å². The second kappa shape index (κ2) is 8.01. The van der Waals surface area contributed by atoms with Crippen molar-refractivity contribution >= 4 is 23.2 Å². The predicted octanol–water partition coefficient (Wildman–Crippen LogP) is 2.83. The second-order valence-electron chi connectivity index (χ2n) is 5.63. The third-order valence-corrected chi connectivity index (χ3v) is 3.19. The fraction of sp³-hybridized carbons (Fsp3) is 0.222. The Labute approximate surface area is 141 Å². The summed E-state index contributed by atoms with van der Waals surface area (Å²) in [4.78, 5) is 27.8. The highest BCUT2D eigenvalue weighted by molar-refractivity contribution is 6.06. The Hall–Kier alpha value is -3.02. The molecule has 1 aromatic heterocycles. The third kappa shape index (κ3) is 5.31. The van der Waals surface area contributed by atoms with E-state index in [1.165, 1.54) is 6.20 Å². The maximum absolute atomic E-state index is 12.0. The van der Waals surface area contributed by atoms with Crippen molar-refractivity contribution in [3.8, 4) is 0 Å². The van der Waals surface area contributed by atoms with Crippen LogP contribution in [-0.2, 0) is 4.79 Å². The van der Waals surface area contributed by atoms with Crippen molar-refractivity contribution in [2.24, 2.45) is 5.10 Å². The standard InChI is InChI=1S/C18H20N4O2/c1-12-7-13(2)9-16(8-12)20-17(23)10-14(3)21-22-18(24)15-5-4-6-19-11-15/h4-9,11H,10H2,1-3H3,(H,20,23)(H,22,24)/b21-14-. The number of carbonyl (C=O) groups excluding carboxylic acids is 2. The van der Waals surface area contributed by atoms with Crippen LogP contribution in [0, 0.1) is 13.8 Å². The van der Waals surface area contributed by atoms with E-state index >= 15 is 0 Å². The summed E-state index contributed by atoms with van der Waals surface area (Å²) >= 11 is 0. The van der Waals surface area contributed by atoms with Crippen molar-refractivity contribution in [2.75, 3.05) is 5.32 Å². The van der Waals surface area contributed by atoms with Crippen LogP contribution in [0.15, 0.2) is 47.8 Å². The van der Waals surface area contributed by atoms with Crippen LogP contribution in [0.3, 0.4) is 0 Å². The van der Waals surface area contributed by atoms with Crippen molar-refractivity contribution in [1.82, 2.24) is 10.4 Å². The number of hydrogen-bond acceptors (Lipinski definition) is 4. The molecule has 0 aliphatic rings. The number of hydrazone groups is 1. The van der Waals surface area contributed by atoms with Crippen LogP contribution < -0.4 is 10.7 Å². The summed E-state index contributed by atoms with van der Waals surface area (Å²) in [6.07, 6.45) is 3.13. The normalized spacial score (nSPS) is 11.0. The molecule has 1 aromatic carbocycles. The van der Waals surface area contributed by atoms with Gasteiger partial charge in [0.2, 0.25) is 5.91 Å². The van der Waals surface area contributed by atoms with Crippen molar-refractivity contribution in [3.63, 3.8) is 0 Å². The fourth-order valence-electron chi connectivity index (χ4n) is 2.23. The third-order valence-electron chi connectivity index (χ3n) is 3.19. The molecule has 2 rings (SSSR count). The van der Waals surface area contributed by atoms with Crippen molar-refractivity contribution < 1.29 is 9.59 Å². The van der Waals surface area contributed by atoms with Gasteiger partial charge in [0, 0.05) is 23.8 Å². The first kappa shape index (κ1) is 17.3. The van der Waals surface area contributed by atoms with Crippen molar-refractivity contribution in [2.45, 2.75) is 27.2 Å². The SMILES string of the molecule is C/C(CC(=O)Nc1cc(C)cc(C)c1)=N/NC(=O)c1cccnc1. The van der Waals surface area contributed by atoms with Gasteiger partial charge in [-0.15, -0.1) is 0 Å². The molecule has 24 heavy (non-hydrogen) atoms. The van der Waals surface area contributed by atoms with Gasteiger partial charge >= 0.3 is 0 Å². The lowest BCUT2D eigenvalue weighted by Gasteiger charge is -2.07. The molecule has 2 N–H and O–H groups in total. The maximum Gasteiger partial charge on any atom is 0.272 e. The Bertz CT molecular complexity index is 750. The molecule has 0 fully saturated rings. The summed E-state index contributed by atoms with van der Waals surface area (Å²) < 4.78 is 0. The highest BCUT2D eigenvalue weighted by atomic mass is 16.2. The molecular formula is C18H20N4O2. The van der Waals surface area contributed by atoms with E-state index in [1.807, 2.05) is 32.0 Å². The zero-order chi connectivity index (χ0) is 17.5. The molecule has 0 radical (unpaired) electrons. The number of hydrogen-bond donors (Lipinski definition) is 2. The first-order valence-electron chi connectivity index (χ1n) is 7.56. The molecular weight excluding hydrogens is 304 g/mol. The zero-order valence-electron chi connectivity index (χ0n) is 14.0. The Morgan fingerprint density at radius 1 is 1.17 bits per heavy atom. The lowest BCUT2D eigenvalue weighted by atomic mass is 10.1. The molecule has 1 heterocycles. The van der Waals surface area contributed by atoms with E-state index in [0.717, 1.165) is 16.8 Å². The number of nitrogens with zero attached hydrogens (tertiary/aromatic N) is 2. The van der Waals surface area contributed by atoms with Gasteiger partial charge in [0.05, 0.1) is 12.0 Å². The number of aryl methyl sites for hydroxylation is 2. The Morgan fingerprint density at radius 2 is 1.88 bits per heavy atom. The average molecular weight is 324 g/mol. The van der Waals surface area contributed by atoms with E-state index in [4.69, 9.17) is 0 Å². The number of aromatic nitrogens is 1. The molecule has 2 aromatic rings. The second-order valence-corrected chi connectivity index (χ2v) is 5.63. The Morgan fingerprint density at radius 3 is 2.50 bits per heavy atom. The van der Waals surface area contributed by atoms with Crippen LogP contribution in [0.5, 0.6) is 0 Å². The molecule has 0 bridgehead atoms. The Balaban J connectivity index is 1.90. The van der Waals surface area contributed by atoms with Gasteiger partial charge in [0.15, 0.2) is 0 Å². The molecule has 124 valence electrons. The van der Waals surface area contributed by atoms with Crippen molar-refractivity contribution in [3.05, 3.63) is 59.4 Å². The van der Waals surface area contributed by atoms with E-state index in [-0.39, 0.29) is 18.2 Å². The summed E-state index contributed by atoms with van der Waals surface area (Å²) in [5.41, 5.74) is 6.25. The minimum atomic E-state index is -0.364. The quantitative estimate of drug-likeness (QED) is 0.655. The number of amides is 2. The first-order chi connectivity index (χ1) is 11.4. The van der Waals surface area contributed by atoms with E-state index in [1.54, 1.807) is 25.3 Å². The molecule has 0 aliphatic heterocycles. The Kier molecular flexibility index (Phi) is 5.78. The highest BCUT2D eigenvalue weighted by Gasteiger charge is 2.07. The van der Waals surface area contributed by atoms with Gasteiger partial charge < -0.3 is 5.32 Å². The largest absolute Gasteiger partial charge is 0.326 e. The number of nitrogens with one attached hydrogen (secondary N) is 2. The number of anilines is 1. The minimum absolute atomic E-state index is 0.0975. The van der Waals surface area contributed by atoms with E-state index in [9.17, 15) is 9.59 Å². The van der Waals surface area contributed by atoms with Gasteiger partial charge in [0.1, 0.15) is 0 Å². The predicted molar refractivity (Wildman–Crippen MR) is 94.0 cm³/mol. The van der Waals surface area contributed by atoms with Gasteiger partial charge in [-0.3, -0.25) is 14.6 Å². The lowest BCUT2D eigenvalue weighted by molar-refractivity contribution is -0.115. The number of carbonyl (C=O) groups is 2. The van der Waals surface area contributed by atoms with Gasteiger partial charge in [0.25, 0.3) is 5.91 Å². The molecule has 6 heteroatoms. The summed E-state index contributed by atoms with van der Waals surface area (Å²) in [6.45, 7) is 5.64. The average Bonchev–Trinajstić information content (AvgIpc) is 2.52. The molecule has 0 atom stereocenters. The smallest absolute Gasteiger partial charge is 0.272 e. The van der Waals surface area contributed by atoms with Crippen LogP contribution in [0.25, 0.3) is 0 Å². The van der Waals surface area contributed by atoms with Crippen LogP contribution in [-0.4, -0.2) is 22.5 Å². The van der Waals surface area contributed by atoms with Gasteiger partial charge in [-0.1, -0.05) is 6.07 Å². The van der Waals surface area contributed by atoms with E-state index < -0.39 is 0 Å². The number of pyridine rings is 1.